The average molecular weight is 275 g/mol. The molecule has 0 bridgehead atoms. The Hall–Kier alpha value is -2.08. The molecule has 0 spiro atoms. The number of rotatable bonds is 2. The quantitative estimate of drug-likeness (QED) is 0.846. The van der Waals surface area contributed by atoms with Gasteiger partial charge < -0.3 is 4.98 Å². The van der Waals surface area contributed by atoms with E-state index in [4.69, 9.17) is 5.26 Å². The number of hydrogen-bond acceptors (Lipinski definition) is 4. The van der Waals surface area contributed by atoms with Gasteiger partial charge in [0.15, 0.2) is 5.82 Å². The summed E-state index contributed by atoms with van der Waals surface area (Å²) >= 11 is 0. The van der Waals surface area contributed by atoms with Gasteiger partial charge in [0, 0.05) is 0 Å². The third kappa shape index (κ3) is 1.80. The minimum Gasteiger partial charge on any atom is -0.336 e. The van der Waals surface area contributed by atoms with Crippen LogP contribution in [0.4, 0.5) is 12.7 Å². The first-order chi connectivity index (χ1) is 8.25. The van der Waals surface area contributed by atoms with Gasteiger partial charge in [0.1, 0.15) is 0 Å². The van der Waals surface area contributed by atoms with Gasteiger partial charge in [-0.05, 0) is 18.2 Å². The Bertz CT molecular complexity index is 761. The lowest BCUT2D eigenvalue weighted by Gasteiger charge is -2.06. The van der Waals surface area contributed by atoms with E-state index in [9.17, 15) is 21.1 Å². The largest absolute Gasteiger partial charge is 0.430 e. The number of benzene rings is 1. The van der Waals surface area contributed by atoms with Gasteiger partial charge in [0.05, 0.1) is 22.7 Å². The molecule has 2 rings (SSSR count). The summed E-state index contributed by atoms with van der Waals surface area (Å²) < 4.78 is 59.4. The molecule has 0 saturated carbocycles. The maximum Gasteiger partial charge on any atom is 0.430 e. The number of fused-ring (bicyclic) bond motifs is 1. The van der Waals surface area contributed by atoms with Crippen LogP contribution in [-0.2, 0) is 15.5 Å². The van der Waals surface area contributed by atoms with Crippen LogP contribution >= 0.6 is 0 Å². The van der Waals surface area contributed by atoms with E-state index < -0.39 is 21.3 Å². The lowest BCUT2D eigenvalue weighted by Crippen LogP contribution is -2.23. The molecule has 0 radical (unpaired) electrons. The molecule has 0 aliphatic heterocycles. The standard InChI is InChI=1S/C9H4F3N3O2S/c10-9(11,18(12,16)17)8-14-6-2-1-5(4-13)3-7(6)15-8/h1-3H,(H,14,15). The third-order valence-electron chi connectivity index (χ3n) is 2.19. The molecular weight excluding hydrogens is 271 g/mol. The fraction of sp³-hybridized carbons (Fsp3) is 0.111. The Morgan fingerprint density at radius 2 is 2.06 bits per heavy atom. The van der Waals surface area contributed by atoms with E-state index in [0.29, 0.717) is 0 Å². The van der Waals surface area contributed by atoms with Gasteiger partial charge in [-0.3, -0.25) is 0 Å². The van der Waals surface area contributed by atoms with E-state index in [2.05, 4.69) is 4.98 Å². The average Bonchev–Trinajstić information content (AvgIpc) is 2.70. The molecule has 2 aromatic rings. The molecule has 0 aliphatic carbocycles. The molecule has 5 nitrogen and oxygen atoms in total. The van der Waals surface area contributed by atoms with Crippen molar-refractivity contribution in [3.63, 3.8) is 0 Å². The molecule has 0 saturated heterocycles. The Morgan fingerprint density at radius 1 is 1.39 bits per heavy atom. The maximum atomic E-state index is 13.2. The van der Waals surface area contributed by atoms with Gasteiger partial charge in [0.25, 0.3) is 0 Å². The monoisotopic (exact) mass is 275 g/mol. The van der Waals surface area contributed by atoms with Crippen LogP contribution in [0.15, 0.2) is 18.2 Å². The van der Waals surface area contributed by atoms with Crippen molar-refractivity contribution in [2.45, 2.75) is 5.25 Å². The van der Waals surface area contributed by atoms with Crippen molar-refractivity contribution in [2.24, 2.45) is 0 Å². The molecule has 0 aliphatic rings. The van der Waals surface area contributed by atoms with Gasteiger partial charge in [-0.1, -0.05) is 3.89 Å². The minimum absolute atomic E-state index is 0.00678. The first kappa shape index (κ1) is 12.4. The summed E-state index contributed by atoms with van der Waals surface area (Å²) in [7, 11) is -6.11. The molecule has 94 valence electrons. The van der Waals surface area contributed by atoms with E-state index in [1.54, 1.807) is 6.07 Å². The van der Waals surface area contributed by atoms with E-state index in [1.807, 2.05) is 4.98 Å². The number of hydrogen-bond donors (Lipinski definition) is 1. The normalized spacial score (nSPS) is 12.6. The van der Waals surface area contributed by atoms with Crippen molar-refractivity contribution >= 4 is 21.3 Å². The highest BCUT2D eigenvalue weighted by Crippen LogP contribution is 2.34. The molecule has 1 heterocycles. The topological polar surface area (TPSA) is 86.6 Å². The summed E-state index contributed by atoms with van der Waals surface area (Å²) in [5.74, 6) is -1.32. The maximum absolute atomic E-state index is 13.2. The van der Waals surface area contributed by atoms with E-state index in [1.165, 1.54) is 18.2 Å². The van der Waals surface area contributed by atoms with Gasteiger partial charge >= 0.3 is 15.5 Å². The summed E-state index contributed by atoms with van der Waals surface area (Å²) in [4.78, 5) is 5.28. The number of nitrogens with zero attached hydrogens (tertiary/aromatic N) is 2. The van der Waals surface area contributed by atoms with Crippen molar-refractivity contribution in [1.82, 2.24) is 9.97 Å². The molecular formula is C9H4F3N3O2S. The van der Waals surface area contributed by atoms with Gasteiger partial charge in [0.2, 0.25) is 0 Å². The number of nitrogens with one attached hydrogen (secondary N) is 1. The predicted octanol–water partition coefficient (Wildman–Crippen LogP) is 1.78. The zero-order valence-electron chi connectivity index (χ0n) is 8.49. The molecule has 0 fully saturated rings. The zero-order valence-corrected chi connectivity index (χ0v) is 9.30. The lowest BCUT2D eigenvalue weighted by molar-refractivity contribution is 0.0755. The van der Waals surface area contributed by atoms with Crippen molar-refractivity contribution < 1.29 is 21.1 Å². The highest BCUT2D eigenvalue weighted by Gasteiger charge is 2.50. The molecule has 9 heteroatoms. The molecule has 0 unspecified atom stereocenters. The summed E-state index contributed by atoms with van der Waals surface area (Å²) in [6.45, 7) is 0. The second-order valence-electron chi connectivity index (χ2n) is 3.38. The molecule has 1 aromatic heterocycles. The lowest BCUT2D eigenvalue weighted by atomic mass is 10.2. The van der Waals surface area contributed by atoms with Crippen LogP contribution < -0.4 is 0 Å². The highest BCUT2D eigenvalue weighted by molar-refractivity contribution is 7.87. The summed E-state index contributed by atoms with van der Waals surface area (Å²) in [5, 5.41) is 3.85. The van der Waals surface area contributed by atoms with Gasteiger partial charge in [-0.15, -0.1) is 0 Å². The fourth-order valence-corrected chi connectivity index (χ4v) is 1.66. The Labute approximate surface area is 99.1 Å². The van der Waals surface area contributed by atoms with Crippen LogP contribution in [0.5, 0.6) is 0 Å². The highest BCUT2D eigenvalue weighted by atomic mass is 32.3. The van der Waals surface area contributed by atoms with Gasteiger partial charge in [-0.25, -0.2) is 4.98 Å². The van der Waals surface area contributed by atoms with Crippen LogP contribution in [0, 0.1) is 11.3 Å². The van der Waals surface area contributed by atoms with Crippen LogP contribution in [-0.4, -0.2) is 18.4 Å². The van der Waals surface area contributed by atoms with Crippen molar-refractivity contribution in [3.8, 4) is 6.07 Å². The van der Waals surface area contributed by atoms with Crippen molar-refractivity contribution in [2.75, 3.05) is 0 Å². The Kier molecular flexibility index (Phi) is 2.55. The molecule has 0 atom stereocenters. The number of halogens is 3. The second-order valence-corrected chi connectivity index (χ2v) is 4.77. The molecule has 1 aromatic carbocycles. The summed E-state index contributed by atoms with van der Waals surface area (Å²) in [5.41, 5.74) is 0.198. The predicted molar refractivity (Wildman–Crippen MR) is 54.7 cm³/mol. The molecule has 0 amide bonds. The number of H-pyrrole nitrogens is 1. The Balaban J connectivity index is 2.65. The number of aromatic nitrogens is 2. The SMILES string of the molecule is N#Cc1ccc2nc(C(F)(F)S(=O)(=O)F)[nH]c2c1. The Morgan fingerprint density at radius 3 is 2.61 bits per heavy atom. The smallest absolute Gasteiger partial charge is 0.336 e. The summed E-state index contributed by atoms with van der Waals surface area (Å²) in [6.07, 6.45) is 0. The number of imidazole rings is 1. The van der Waals surface area contributed by atoms with Gasteiger partial charge in [-0.2, -0.15) is 22.5 Å². The van der Waals surface area contributed by atoms with E-state index >= 15 is 0 Å². The first-order valence-corrected chi connectivity index (χ1v) is 5.86. The van der Waals surface area contributed by atoms with E-state index in [-0.39, 0.29) is 16.6 Å². The molecule has 18 heavy (non-hydrogen) atoms. The molecule has 1 N–H and O–H groups in total. The number of alkyl halides is 2. The number of nitriles is 1. The van der Waals surface area contributed by atoms with Crippen LogP contribution in [0.2, 0.25) is 0 Å². The number of aromatic amines is 1. The zero-order chi connectivity index (χ0) is 13.6. The van der Waals surface area contributed by atoms with Crippen molar-refractivity contribution in [3.05, 3.63) is 29.6 Å². The van der Waals surface area contributed by atoms with Crippen LogP contribution in [0.3, 0.4) is 0 Å². The second kappa shape index (κ2) is 3.71. The van der Waals surface area contributed by atoms with E-state index in [0.717, 1.165) is 0 Å². The third-order valence-corrected chi connectivity index (χ3v) is 3.00. The first-order valence-electron chi connectivity index (χ1n) is 4.48. The van der Waals surface area contributed by atoms with Crippen LogP contribution in [0.1, 0.15) is 11.4 Å². The summed E-state index contributed by atoms with van der Waals surface area (Å²) in [6, 6.07) is 5.53. The van der Waals surface area contributed by atoms with Crippen molar-refractivity contribution in [1.29, 1.82) is 5.26 Å². The fourth-order valence-electron chi connectivity index (χ4n) is 1.33. The van der Waals surface area contributed by atoms with Crippen LogP contribution in [0.25, 0.3) is 11.0 Å². The minimum atomic E-state index is -6.11.